The molecule has 1 heterocycles. The first-order chi connectivity index (χ1) is 7.20. The third-order valence-corrected chi connectivity index (χ3v) is 3.58. The fourth-order valence-corrected chi connectivity index (χ4v) is 3.00. The Morgan fingerprint density at radius 2 is 2.20 bits per heavy atom. The second kappa shape index (κ2) is 4.60. The van der Waals surface area contributed by atoms with Gasteiger partial charge in [0.1, 0.15) is 5.01 Å². The molecule has 4 heteroatoms. The summed E-state index contributed by atoms with van der Waals surface area (Å²) in [4.78, 5) is 8.39. The van der Waals surface area contributed by atoms with Crippen LogP contribution in [-0.2, 0) is 13.1 Å². The molecule has 2 rings (SSSR count). The molecule has 0 amide bonds. The first kappa shape index (κ1) is 11.0. The SMILES string of the molecule is CNCc1sc(CN(C)C)nc1C1CC1. The first-order valence-corrected chi connectivity index (χ1v) is 6.30. The predicted octanol–water partition coefficient (Wildman–Crippen LogP) is 1.80. The lowest BCUT2D eigenvalue weighted by molar-refractivity contribution is 0.401. The average Bonchev–Trinajstić information content (AvgIpc) is 2.91. The fraction of sp³-hybridized carbons (Fsp3) is 0.727. The molecule has 0 bridgehead atoms. The maximum atomic E-state index is 4.77. The van der Waals surface area contributed by atoms with E-state index in [9.17, 15) is 0 Å². The molecule has 1 aliphatic rings. The van der Waals surface area contributed by atoms with Crippen molar-refractivity contribution in [1.82, 2.24) is 15.2 Å². The summed E-state index contributed by atoms with van der Waals surface area (Å²) >= 11 is 1.87. The van der Waals surface area contributed by atoms with Crippen LogP contribution in [0.2, 0.25) is 0 Å². The van der Waals surface area contributed by atoms with Crippen LogP contribution in [0.1, 0.15) is 34.3 Å². The highest BCUT2D eigenvalue weighted by molar-refractivity contribution is 7.11. The van der Waals surface area contributed by atoms with Crippen LogP contribution in [0.25, 0.3) is 0 Å². The van der Waals surface area contributed by atoms with Crippen molar-refractivity contribution < 1.29 is 0 Å². The number of hydrogen-bond donors (Lipinski definition) is 1. The van der Waals surface area contributed by atoms with Gasteiger partial charge < -0.3 is 10.2 Å². The molecule has 0 spiro atoms. The van der Waals surface area contributed by atoms with Crippen molar-refractivity contribution in [3.05, 3.63) is 15.6 Å². The summed E-state index contributed by atoms with van der Waals surface area (Å²) in [5, 5.41) is 4.49. The third-order valence-electron chi connectivity index (χ3n) is 2.52. The summed E-state index contributed by atoms with van der Waals surface area (Å²) in [7, 11) is 6.19. The number of nitrogens with one attached hydrogen (secondary N) is 1. The molecule has 1 fully saturated rings. The Hall–Kier alpha value is -0.450. The van der Waals surface area contributed by atoms with Gasteiger partial charge in [-0.3, -0.25) is 0 Å². The number of thiazole rings is 1. The van der Waals surface area contributed by atoms with Crippen LogP contribution in [0.15, 0.2) is 0 Å². The summed E-state index contributed by atoms with van der Waals surface area (Å²) in [5.74, 6) is 0.764. The Labute approximate surface area is 95.5 Å². The van der Waals surface area contributed by atoms with Crippen molar-refractivity contribution in [1.29, 1.82) is 0 Å². The molecule has 0 saturated heterocycles. The quantitative estimate of drug-likeness (QED) is 0.828. The van der Waals surface area contributed by atoms with Gasteiger partial charge in [-0.15, -0.1) is 11.3 Å². The van der Waals surface area contributed by atoms with E-state index < -0.39 is 0 Å². The molecule has 0 unspecified atom stereocenters. The van der Waals surface area contributed by atoms with Crippen molar-refractivity contribution in [3.8, 4) is 0 Å². The van der Waals surface area contributed by atoms with Gasteiger partial charge in [0.15, 0.2) is 0 Å². The molecule has 1 aromatic heterocycles. The highest BCUT2D eigenvalue weighted by atomic mass is 32.1. The fourth-order valence-electron chi connectivity index (χ4n) is 1.72. The molecule has 84 valence electrons. The third kappa shape index (κ3) is 2.77. The van der Waals surface area contributed by atoms with Gasteiger partial charge in [0.25, 0.3) is 0 Å². The predicted molar refractivity (Wildman–Crippen MR) is 64.2 cm³/mol. The van der Waals surface area contributed by atoms with Gasteiger partial charge in [-0.1, -0.05) is 0 Å². The van der Waals surface area contributed by atoms with Crippen LogP contribution in [0.3, 0.4) is 0 Å². The minimum Gasteiger partial charge on any atom is -0.315 e. The van der Waals surface area contributed by atoms with Gasteiger partial charge in [-0.05, 0) is 34.0 Å². The van der Waals surface area contributed by atoms with Gasteiger partial charge >= 0.3 is 0 Å². The molecule has 1 saturated carbocycles. The summed E-state index contributed by atoms with van der Waals surface area (Å²) in [6.07, 6.45) is 2.67. The number of rotatable bonds is 5. The molecule has 0 aliphatic heterocycles. The van der Waals surface area contributed by atoms with E-state index in [-0.39, 0.29) is 0 Å². The van der Waals surface area contributed by atoms with Crippen LogP contribution in [0.5, 0.6) is 0 Å². The summed E-state index contributed by atoms with van der Waals surface area (Å²) in [6, 6.07) is 0. The van der Waals surface area contributed by atoms with E-state index in [2.05, 4.69) is 24.3 Å². The topological polar surface area (TPSA) is 28.2 Å². The van der Waals surface area contributed by atoms with Crippen LogP contribution < -0.4 is 5.32 Å². The zero-order chi connectivity index (χ0) is 10.8. The van der Waals surface area contributed by atoms with Gasteiger partial charge in [0.05, 0.1) is 5.69 Å². The van der Waals surface area contributed by atoms with E-state index >= 15 is 0 Å². The molecule has 3 nitrogen and oxygen atoms in total. The molecular formula is C11H19N3S. The minimum atomic E-state index is 0.764. The van der Waals surface area contributed by atoms with Gasteiger partial charge in [-0.25, -0.2) is 4.98 Å². The molecule has 0 atom stereocenters. The molecule has 1 N–H and O–H groups in total. The number of hydrogen-bond acceptors (Lipinski definition) is 4. The van der Waals surface area contributed by atoms with Gasteiger partial charge in [0, 0.05) is 23.9 Å². The molecule has 1 aliphatic carbocycles. The molecular weight excluding hydrogens is 206 g/mol. The summed E-state index contributed by atoms with van der Waals surface area (Å²) < 4.78 is 0. The van der Waals surface area contributed by atoms with Crippen LogP contribution >= 0.6 is 11.3 Å². The van der Waals surface area contributed by atoms with E-state index in [0.717, 1.165) is 19.0 Å². The smallest absolute Gasteiger partial charge is 0.107 e. The highest BCUT2D eigenvalue weighted by Gasteiger charge is 2.29. The average molecular weight is 225 g/mol. The molecule has 0 aromatic carbocycles. The maximum absolute atomic E-state index is 4.77. The Balaban J connectivity index is 2.15. The Morgan fingerprint density at radius 1 is 1.47 bits per heavy atom. The number of aromatic nitrogens is 1. The number of nitrogens with zero attached hydrogens (tertiary/aromatic N) is 2. The zero-order valence-corrected chi connectivity index (χ0v) is 10.5. The standard InChI is InChI=1S/C11H19N3S/c1-12-6-9-11(8-4-5-8)13-10(15-9)7-14(2)3/h8,12H,4-7H2,1-3H3. The molecule has 15 heavy (non-hydrogen) atoms. The van der Waals surface area contributed by atoms with Crippen LogP contribution in [0.4, 0.5) is 0 Å². The maximum Gasteiger partial charge on any atom is 0.107 e. The van der Waals surface area contributed by atoms with Crippen molar-refractivity contribution in [2.45, 2.75) is 31.8 Å². The minimum absolute atomic E-state index is 0.764. The van der Waals surface area contributed by atoms with E-state index in [1.807, 2.05) is 18.4 Å². The summed E-state index contributed by atoms with van der Waals surface area (Å²) in [6.45, 7) is 1.94. The van der Waals surface area contributed by atoms with Crippen LogP contribution in [-0.4, -0.2) is 31.0 Å². The van der Waals surface area contributed by atoms with Crippen molar-refractivity contribution >= 4 is 11.3 Å². The summed E-state index contributed by atoms with van der Waals surface area (Å²) in [5.41, 5.74) is 1.37. The van der Waals surface area contributed by atoms with Gasteiger partial charge in [0.2, 0.25) is 0 Å². The molecule has 1 aromatic rings. The Kier molecular flexibility index (Phi) is 3.38. The zero-order valence-electron chi connectivity index (χ0n) is 9.71. The lowest BCUT2D eigenvalue weighted by Gasteiger charge is -2.04. The normalized spacial score (nSPS) is 16.3. The monoisotopic (exact) mass is 225 g/mol. The van der Waals surface area contributed by atoms with Crippen molar-refractivity contribution in [3.63, 3.8) is 0 Å². The highest BCUT2D eigenvalue weighted by Crippen LogP contribution is 2.42. The van der Waals surface area contributed by atoms with Gasteiger partial charge in [-0.2, -0.15) is 0 Å². The van der Waals surface area contributed by atoms with E-state index in [1.54, 1.807) is 0 Å². The van der Waals surface area contributed by atoms with Crippen molar-refractivity contribution in [2.75, 3.05) is 21.1 Å². The van der Waals surface area contributed by atoms with Crippen LogP contribution in [0, 0.1) is 0 Å². The van der Waals surface area contributed by atoms with Crippen molar-refractivity contribution in [2.24, 2.45) is 0 Å². The second-order valence-electron chi connectivity index (χ2n) is 4.46. The Bertz CT molecular complexity index is 329. The largest absolute Gasteiger partial charge is 0.315 e. The lowest BCUT2D eigenvalue weighted by atomic mass is 10.2. The lowest BCUT2D eigenvalue weighted by Crippen LogP contribution is -2.10. The second-order valence-corrected chi connectivity index (χ2v) is 5.63. The van der Waals surface area contributed by atoms with E-state index in [1.165, 1.54) is 28.4 Å². The Morgan fingerprint density at radius 3 is 2.73 bits per heavy atom. The molecule has 0 radical (unpaired) electrons. The van der Waals surface area contributed by atoms with E-state index in [4.69, 9.17) is 4.98 Å². The van der Waals surface area contributed by atoms with E-state index in [0.29, 0.717) is 0 Å². The first-order valence-electron chi connectivity index (χ1n) is 5.48.